The predicted molar refractivity (Wildman–Crippen MR) is 132 cm³/mol. The van der Waals surface area contributed by atoms with Crippen molar-refractivity contribution in [2.24, 2.45) is 0 Å². The topological polar surface area (TPSA) is 95.5 Å². The van der Waals surface area contributed by atoms with Crippen LogP contribution >= 0.6 is 11.3 Å². The summed E-state index contributed by atoms with van der Waals surface area (Å²) in [6.07, 6.45) is -0.0413. The molecule has 2 aromatic heterocycles. The summed E-state index contributed by atoms with van der Waals surface area (Å²) < 4.78 is 45.8. The lowest BCUT2D eigenvalue weighted by Gasteiger charge is -2.27. The molecule has 36 heavy (non-hydrogen) atoms. The van der Waals surface area contributed by atoms with Crippen LogP contribution in [-0.2, 0) is 10.9 Å². The molecule has 2 aromatic rings. The number of carbonyl (C=O) groups excluding carboxylic acids is 1. The highest BCUT2D eigenvalue weighted by Crippen LogP contribution is 2.36. The van der Waals surface area contributed by atoms with Gasteiger partial charge in [0.1, 0.15) is 17.2 Å². The Hall–Kier alpha value is -2.67. The van der Waals surface area contributed by atoms with E-state index in [1.54, 1.807) is 16.2 Å². The van der Waals surface area contributed by atoms with Crippen LogP contribution in [0.1, 0.15) is 53.5 Å². The number of anilines is 3. The van der Waals surface area contributed by atoms with Crippen molar-refractivity contribution < 1.29 is 22.7 Å². The third-order valence-corrected chi connectivity index (χ3v) is 7.54. The van der Waals surface area contributed by atoms with E-state index < -0.39 is 11.7 Å². The van der Waals surface area contributed by atoms with E-state index in [-0.39, 0.29) is 24.4 Å². The summed E-state index contributed by atoms with van der Waals surface area (Å²) in [5, 5.41) is 6.81. The zero-order valence-corrected chi connectivity index (χ0v) is 21.3. The lowest BCUT2D eigenvalue weighted by Crippen LogP contribution is -2.32. The molecule has 0 bridgehead atoms. The molecule has 2 fully saturated rings. The van der Waals surface area contributed by atoms with E-state index in [4.69, 9.17) is 9.72 Å². The number of halogens is 3. The van der Waals surface area contributed by atoms with Crippen molar-refractivity contribution >= 4 is 35.0 Å². The first-order chi connectivity index (χ1) is 17.2. The third-order valence-electron chi connectivity index (χ3n) is 6.41. The first-order valence-corrected chi connectivity index (χ1v) is 13.0. The Balaban J connectivity index is 1.41. The average molecular weight is 528 g/mol. The number of likely N-dealkylation sites (tertiary alicyclic amines) is 1. The van der Waals surface area contributed by atoms with Gasteiger partial charge in [0.05, 0.1) is 11.6 Å². The second kappa shape index (κ2) is 11.6. The van der Waals surface area contributed by atoms with Crippen LogP contribution in [0.3, 0.4) is 0 Å². The van der Waals surface area contributed by atoms with Gasteiger partial charge in [0.25, 0.3) is 0 Å². The zero-order chi connectivity index (χ0) is 25.7. The van der Waals surface area contributed by atoms with Crippen molar-refractivity contribution in [3.8, 4) is 0 Å². The SMILES string of the molecule is Cc1sc(C2CCN(C)CC2)nc1Nc1ncc(C(F)(F)F)c(NCCCN2CCCCOC2=O)n1. The molecule has 0 atom stereocenters. The largest absolute Gasteiger partial charge is 0.449 e. The number of aromatic nitrogens is 3. The van der Waals surface area contributed by atoms with Gasteiger partial charge in [-0.2, -0.15) is 18.2 Å². The van der Waals surface area contributed by atoms with E-state index in [0.717, 1.165) is 54.9 Å². The minimum atomic E-state index is -4.60. The number of rotatable bonds is 8. The number of hydrogen-bond acceptors (Lipinski definition) is 9. The van der Waals surface area contributed by atoms with Crippen molar-refractivity contribution in [3.05, 3.63) is 21.6 Å². The number of amides is 1. The quantitative estimate of drug-likeness (QED) is 0.471. The number of thiazole rings is 1. The van der Waals surface area contributed by atoms with Crippen LogP contribution in [0.4, 0.5) is 35.5 Å². The molecule has 2 N–H and O–H groups in total. The van der Waals surface area contributed by atoms with Gasteiger partial charge >= 0.3 is 12.3 Å². The molecule has 198 valence electrons. The Morgan fingerprint density at radius 2 is 1.94 bits per heavy atom. The minimum absolute atomic E-state index is 0.0462. The van der Waals surface area contributed by atoms with Gasteiger partial charge in [0.15, 0.2) is 0 Å². The van der Waals surface area contributed by atoms with Crippen LogP contribution in [-0.4, -0.2) is 77.2 Å². The van der Waals surface area contributed by atoms with Gasteiger partial charge in [-0.15, -0.1) is 11.3 Å². The van der Waals surface area contributed by atoms with Crippen LogP contribution in [0, 0.1) is 6.92 Å². The molecule has 9 nitrogen and oxygen atoms in total. The average Bonchev–Trinajstić information content (AvgIpc) is 3.06. The smallest absolute Gasteiger partial charge is 0.421 e. The number of piperidine rings is 1. The number of aryl methyl sites for hydroxylation is 1. The summed E-state index contributed by atoms with van der Waals surface area (Å²) in [4.78, 5) is 29.5. The van der Waals surface area contributed by atoms with Crippen molar-refractivity contribution in [1.29, 1.82) is 0 Å². The normalized spacial score (nSPS) is 18.1. The maximum Gasteiger partial charge on any atom is 0.421 e. The molecule has 0 saturated carbocycles. The Morgan fingerprint density at radius 1 is 1.17 bits per heavy atom. The molecule has 0 radical (unpaired) electrons. The van der Waals surface area contributed by atoms with Gasteiger partial charge in [-0.1, -0.05) is 0 Å². The lowest BCUT2D eigenvalue weighted by molar-refractivity contribution is -0.137. The highest BCUT2D eigenvalue weighted by molar-refractivity contribution is 7.12. The van der Waals surface area contributed by atoms with E-state index in [1.807, 2.05) is 6.92 Å². The fraction of sp³-hybridized carbons (Fsp3) is 0.652. The predicted octanol–water partition coefficient (Wildman–Crippen LogP) is 4.85. The van der Waals surface area contributed by atoms with Gasteiger partial charge in [0, 0.05) is 36.6 Å². The van der Waals surface area contributed by atoms with Crippen LogP contribution in [0.2, 0.25) is 0 Å². The van der Waals surface area contributed by atoms with Crippen LogP contribution in [0.25, 0.3) is 0 Å². The Bertz CT molecular complexity index is 1040. The Kier molecular flexibility index (Phi) is 8.50. The number of ether oxygens (including phenoxy) is 1. The van der Waals surface area contributed by atoms with Crippen LogP contribution < -0.4 is 10.6 Å². The number of carbonyl (C=O) groups is 1. The summed E-state index contributed by atoms with van der Waals surface area (Å²) in [6, 6.07) is 0. The van der Waals surface area contributed by atoms with E-state index in [2.05, 4.69) is 32.5 Å². The molecule has 2 saturated heterocycles. The molecule has 4 rings (SSSR count). The fourth-order valence-corrected chi connectivity index (χ4v) is 5.33. The zero-order valence-electron chi connectivity index (χ0n) is 20.5. The molecule has 0 spiro atoms. The van der Waals surface area contributed by atoms with E-state index in [0.29, 0.717) is 37.9 Å². The van der Waals surface area contributed by atoms with Gasteiger partial charge in [-0.3, -0.25) is 0 Å². The summed E-state index contributed by atoms with van der Waals surface area (Å²) in [5.41, 5.74) is -0.941. The Morgan fingerprint density at radius 3 is 2.69 bits per heavy atom. The molecule has 0 aliphatic carbocycles. The Labute approximate surface area is 212 Å². The summed E-state index contributed by atoms with van der Waals surface area (Å²) >= 11 is 1.60. The molecular weight excluding hydrogens is 495 g/mol. The van der Waals surface area contributed by atoms with Gasteiger partial charge in [0.2, 0.25) is 5.95 Å². The van der Waals surface area contributed by atoms with Crippen LogP contribution in [0.15, 0.2) is 6.20 Å². The molecule has 1 amide bonds. The summed E-state index contributed by atoms with van der Waals surface area (Å²) in [5.74, 6) is 0.693. The third kappa shape index (κ3) is 6.75. The number of alkyl halides is 3. The highest BCUT2D eigenvalue weighted by Gasteiger charge is 2.35. The van der Waals surface area contributed by atoms with Crippen molar-refractivity contribution in [3.63, 3.8) is 0 Å². The van der Waals surface area contributed by atoms with Gasteiger partial charge in [-0.05, 0) is 59.2 Å². The minimum Gasteiger partial charge on any atom is -0.449 e. The lowest BCUT2D eigenvalue weighted by atomic mass is 9.98. The van der Waals surface area contributed by atoms with Crippen LogP contribution in [0.5, 0.6) is 0 Å². The van der Waals surface area contributed by atoms with Crippen molar-refractivity contribution in [2.75, 3.05) is 57.0 Å². The first-order valence-electron chi connectivity index (χ1n) is 12.2. The van der Waals surface area contributed by atoms with E-state index in [1.165, 1.54) is 0 Å². The number of cyclic esters (lactones) is 1. The molecule has 4 heterocycles. The van der Waals surface area contributed by atoms with Gasteiger partial charge < -0.3 is 25.2 Å². The second-order valence-corrected chi connectivity index (χ2v) is 10.4. The standard InChI is InChI=1S/C23H32F3N7O2S/c1-15-18(29-20(36-15)16-6-11-32(2)12-7-16)30-21-28-14-17(23(24,25)26)19(31-21)27-8-5-10-33-9-3-4-13-35-22(33)34/h14,16H,3-13H2,1-2H3,(H2,27,28,30,31). The molecule has 0 aromatic carbocycles. The monoisotopic (exact) mass is 527 g/mol. The maximum absolute atomic E-state index is 13.6. The maximum atomic E-state index is 13.6. The molecule has 13 heteroatoms. The van der Waals surface area contributed by atoms with Crippen molar-refractivity contribution in [2.45, 2.75) is 51.1 Å². The first kappa shape index (κ1) is 26.4. The molecule has 2 aliphatic heterocycles. The van der Waals surface area contributed by atoms with E-state index in [9.17, 15) is 18.0 Å². The number of nitrogens with one attached hydrogen (secondary N) is 2. The summed E-state index contributed by atoms with van der Waals surface area (Å²) in [6.45, 7) is 5.54. The number of hydrogen-bond donors (Lipinski definition) is 2. The summed E-state index contributed by atoms with van der Waals surface area (Å²) in [7, 11) is 2.10. The molecule has 0 unspecified atom stereocenters. The second-order valence-electron chi connectivity index (χ2n) is 9.20. The van der Waals surface area contributed by atoms with E-state index >= 15 is 0 Å². The highest BCUT2D eigenvalue weighted by atomic mass is 32.1. The van der Waals surface area contributed by atoms with Crippen molar-refractivity contribution in [1.82, 2.24) is 24.8 Å². The molecular formula is C23H32F3N7O2S. The number of nitrogens with zero attached hydrogens (tertiary/aromatic N) is 5. The molecule has 2 aliphatic rings. The fourth-order valence-electron chi connectivity index (χ4n) is 4.28. The van der Waals surface area contributed by atoms with Gasteiger partial charge in [-0.25, -0.2) is 14.8 Å².